The van der Waals surface area contributed by atoms with Crippen molar-refractivity contribution >= 4 is 35.1 Å². The van der Waals surface area contributed by atoms with Crippen LogP contribution in [-0.4, -0.2) is 23.0 Å². The van der Waals surface area contributed by atoms with Crippen LogP contribution >= 0.6 is 23.2 Å². The SMILES string of the molecule is C[C@@H]1C(Cc2ccc(Cl)c(Cl)c2)C(=O)NC1C(=O)O. The van der Waals surface area contributed by atoms with E-state index < -0.39 is 12.0 Å². The lowest BCUT2D eigenvalue weighted by Gasteiger charge is -2.15. The molecule has 2 unspecified atom stereocenters. The molecule has 6 heteroatoms. The largest absolute Gasteiger partial charge is 0.480 e. The van der Waals surface area contributed by atoms with Crippen molar-refractivity contribution in [1.29, 1.82) is 0 Å². The first kappa shape index (κ1) is 14.2. The van der Waals surface area contributed by atoms with Crippen LogP contribution in [0.4, 0.5) is 0 Å². The molecule has 2 N–H and O–H groups in total. The molecule has 2 rings (SSSR count). The second kappa shape index (κ2) is 5.39. The van der Waals surface area contributed by atoms with Gasteiger partial charge in [-0.1, -0.05) is 36.2 Å². The van der Waals surface area contributed by atoms with E-state index in [1.54, 1.807) is 25.1 Å². The molecule has 1 heterocycles. The molecular weight excluding hydrogens is 289 g/mol. The van der Waals surface area contributed by atoms with Gasteiger partial charge in [-0.3, -0.25) is 4.79 Å². The minimum Gasteiger partial charge on any atom is -0.480 e. The van der Waals surface area contributed by atoms with Gasteiger partial charge in [0.25, 0.3) is 0 Å². The highest BCUT2D eigenvalue weighted by Crippen LogP contribution is 2.29. The van der Waals surface area contributed by atoms with Crippen molar-refractivity contribution in [3.05, 3.63) is 33.8 Å². The van der Waals surface area contributed by atoms with Crippen LogP contribution in [-0.2, 0) is 16.0 Å². The lowest BCUT2D eigenvalue weighted by Crippen LogP contribution is -2.35. The summed E-state index contributed by atoms with van der Waals surface area (Å²) in [5.74, 6) is -1.86. The molecule has 102 valence electrons. The summed E-state index contributed by atoms with van der Waals surface area (Å²) in [6.07, 6.45) is 0.452. The average molecular weight is 302 g/mol. The molecule has 1 amide bonds. The fraction of sp³-hybridized carbons (Fsp3) is 0.385. The summed E-state index contributed by atoms with van der Waals surface area (Å²) in [5, 5.41) is 12.4. The van der Waals surface area contributed by atoms with Gasteiger partial charge in [0.1, 0.15) is 6.04 Å². The van der Waals surface area contributed by atoms with E-state index in [-0.39, 0.29) is 17.7 Å². The topological polar surface area (TPSA) is 66.4 Å². The summed E-state index contributed by atoms with van der Waals surface area (Å²) < 4.78 is 0. The molecule has 1 saturated heterocycles. The van der Waals surface area contributed by atoms with Gasteiger partial charge in [0.2, 0.25) is 5.91 Å². The third-order valence-corrected chi connectivity index (χ3v) is 4.24. The number of hydrogen-bond donors (Lipinski definition) is 2. The second-order valence-corrected chi connectivity index (χ2v) is 5.56. The zero-order valence-electron chi connectivity index (χ0n) is 10.2. The number of aliphatic carboxylic acids is 1. The molecule has 0 radical (unpaired) electrons. The summed E-state index contributed by atoms with van der Waals surface area (Å²) in [6.45, 7) is 1.76. The molecule has 1 fully saturated rings. The van der Waals surface area contributed by atoms with Gasteiger partial charge in [0, 0.05) is 5.92 Å². The molecule has 0 aromatic heterocycles. The monoisotopic (exact) mass is 301 g/mol. The summed E-state index contributed by atoms with van der Waals surface area (Å²) in [4.78, 5) is 22.8. The quantitative estimate of drug-likeness (QED) is 0.901. The minimum atomic E-state index is -1.00. The number of carboxylic acid groups (broad SMARTS) is 1. The van der Waals surface area contributed by atoms with Gasteiger partial charge in [0.05, 0.1) is 10.0 Å². The maximum absolute atomic E-state index is 11.8. The first-order valence-corrected chi connectivity index (χ1v) is 6.63. The predicted molar refractivity (Wildman–Crippen MR) is 72.4 cm³/mol. The van der Waals surface area contributed by atoms with Crippen molar-refractivity contribution in [1.82, 2.24) is 5.32 Å². The van der Waals surface area contributed by atoms with Crippen molar-refractivity contribution in [3.63, 3.8) is 0 Å². The van der Waals surface area contributed by atoms with Crippen molar-refractivity contribution in [2.75, 3.05) is 0 Å². The van der Waals surface area contributed by atoms with Crippen LogP contribution in [0.15, 0.2) is 18.2 Å². The van der Waals surface area contributed by atoms with Crippen LogP contribution < -0.4 is 5.32 Å². The van der Waals surface area contributed by atoms with E-state index in [0.29, 0.717) is 16.5 Å². The van der Waals surface area contributed by atoms with Crippen molar-refractivity contribution in [2.24, 2.45) is 11.8 Å². The highest BCUT2D eigenvalue weighted by Gasteiger charge is 2.42. The van der Waals surface area contributed by atoms with Crippen LogP contribution in [0.25, 0.3) is 0 Å². The zero-order chi connectivity index (χ0) is 14.2. The Hall–Kier alpha value is -1.26. The molecule has 1 aromatic carbocycles. The summed E-state index contributed by atoms with van der Waals surface area (Å²) in [6, 6.07) is 4.35. The van der Waals surface area contributed by atoms with Gasteiger partial charge < -0.3 is 10.4 Å². The van der Waals surface area contributed by atoms with Crippen molar-refractivity contribution < 1.29 is 14.7 Å². The number of carbonyl (C=O) groups excluding carboxylic acids is 1. The molecule has 0 bridgehead atoms. The molecule has 0 aliphatic carbocycles. The Balaban J connectivity index is 2.16. The van der Waals surface area contributed by atoms with Crippen LogP contribution in [0.5, 0.6) is 0 Å². The van der Waals surface area contributed by atoms with Crippen molar-refractivity contribution in [2.45, 2.75) is 19.4 Å². The van der Waals surface area contributed by atoms with Gasteiger partial charge in [-0.25, -0.2) is 4.79 Å². The second-order valence-electron chi connectivity index (χ2n) is 4.74. The number of amides is 1. The van der Waals surface area contributed by atoms with Gasteiger partial charge >= 0.3 is 5.97 Å². The summed E-state index contributed by atoms with van der Waals surface area (Å²) in [5.41, 5.74) is 0.868. The Morgan fingerprint density at radius 3 is 2.58 bits per heavy atom. The predicted octanol–water partition coefficient (Wildman–Crippen LogP) is 2.37. The highest BCUT2D eigenvalue weighted by molar-refractivity contribution is 6.42. The first-order valence-electron chi connectivity index (χ1n) is 5.87. The van der Waals surface area contributed by atoms with E-state index >= 15 is 0 Å². The van der Waals surface area contributed by atoms with Gasteiger partial charge in [-0.15, -0.1) is 0 Å². The average Bonchev–Trinajstić information content (AvgIpc) is 2.62. The summed E-state index contributed by atoms with van der Waals surface area (Å²) in [7, 11) is 0. The normalized spacial score (nSPS) is 26.3. The Kier molecular flexibility index (Phi) is 4.02. The number of halogens is 2. The molecular formula is C13H13Cl2NO3. The molecule has 0 spiro atoms. The molecule has 4 nitrogen and oxygen atoms in total. The van der Waals surface area contributed by atoms with Gasteiger partial charge in [0.15, 0.2) is 0 Å². The highest BCUT2D eigenvalue weighted by atomic mass is 35.5. The lowest BCUT2D eigenvalue weighted by molar-refractivity contribution is -0.140. The fourth-order valence-corrected chi connectivity index (χ4v) is 2.67. The molecule has 19 heavy (non-hydrogen) atoms. The molecule has 1 aliphatic heterocycles. The standard InChI is InChI=1S/C13H13Cl2NO3/c1-6-8(12(17)16-11(6)13(18)19)4-7-2-3-9(14)10(15)5-7/h2-3,5-6,8,11H,4H2,1H3,(H,16,17)(H,18,19)/t6-,8?,11?/m1/s1. The first-order chi connectivity index (χ1) is 8.90. The third-order valence-electron chi connectivity index (χ3n) is 3.50. The van der Waals surface area contributed by atoms with E-state index in [1.807, 2.05) is 0 Å². The Bertz CT molecular complexity index is 533. The van der Waals surface area contributed by atoms with E-state index in [0.717, 1.165) is 5.56 Å². The smallest absolute Gasteiger partial charge is 0.326 e. The number of carbonyl (C=O) groups is 2. The zero-order valence-corrected chi connectivity index (χ0v) is 11.7. The minimum absolute atomic E-state index is 0.231. The van der Waals surface area contributed by atoms with Crippen LogP contribution in [0.3, 0.4) is 0 Å². The number of rotatable bonds is 3. The maximum atomic E-state index is 11.8. The van der Waals surface area contributed by atoms with Gasteiger partial charge in [-0.2, -0.15) is 0 Å². The number of benzene rings is 1. The Morgan fingerprint density at radius 2 is 2.05 bits per heavy atom. The number of hydrogen-bond acceptors (Lipinski definition) is 2. The Morgan fingerprint density at radius 1 is 1.37 bits per heavy atom. The van der Waals surface area contributed by atoms with E-state index in [1.165, 1.54) is 0 Å². The van der Waals surface area contributed by atoms with Crippen LogP contribution in [0.2, 0.25) is 10.0 Å². The summed E-state index contributed by atoms with van der Waals surface area (Å²) >= 11 is 11.8. The molecule has 0 saturated carbocycles. The van der Waals surface area contributed by atoms with E-state index in [9.17, 15) is 9.59 Å². The molecule has 3 atom stereocenters. The van der Waals surface area contributed by atoms with E-state index in [2.05, 4.69) is 5.32 Å². The van der Waals surface area contributed by atoms with Crippen LogP contribution in [0, 0.1) is 11.8 Å². The van der Waals surface area contributed by atoms with Crippen LogP contribution in [0.1, 0.15) is 12.5 Å². The molecule has 1 aliphatic rings. The lowest BCUT2D eigenvalue weighted by atomic mass is 9.87. The molecule has 1 aromatic rings. The van der Waals surface area contributed by atoms with E-state index in [4.69, 9.17) is 28.3 Å². The van der Waals surface area contributed by atoms with Crippen molar-refractivity contribution in [3.8, 4) is 0 Å². The number of carboxylic acids is 1. The fourth-order valence-electron chi connectivity index (χ4n) is 2.35. The number of nitrogens with one attached hydrogen (secondary N) is 1. The Labute approximate surface area is 120 Å². The maximum Gasteiger partial charge on any atom is 0.326 e. The third kappa shape index (κ3) is 2.85. The van der Waals surface area contributed by atoms with Gasteiger partial charge in [-0.05, 0) is 30.0 Å².